The largest absolute Gasteiger partial charge is 0.497 e. The summed E-state index contributed by atoms with van der Waals surface area (Å²) in [6.07, 6.45) is 4.65. The summed E-state index contributed by atoms with van der Waals surface area (Å²) in [7, 11) is 1.70. The molecule has 5 aliphatic rings. The molecule has 0 N–H and O–H groups in total. The Hall–Kier alpha value is -1.79. The van der Waals surface area contributed by atoms with Crippen LogP contribution in [0.2, 0.25) is 0 Å². The van der Waals surface area contributed by atoms with Crippen LogP contribution in [-0.2, 0) is 14.3 Å². The number of nitrogens with zero attached hydrogens (tertiary/aromatic N) is 2. The molecule has 6 heteroatoms. The number of piperazine rings is 1. The van der Waals surface area contributed by atoms with Gasteiger partial charge in [-0.05, 0) is 62.8 Å². The van der Waals surface area contributed by atoms with Crippen molar-refractivity contribution in [1.29, 1.82) is 0 Å². The van der Waals surface area contributed by atoms with Crippen LogP contribution >= 0.6 is 0 Å². The van der Waals surface area contributed by atoms with Gasteiger partial charge in [0.25, 0.3) is 0 Å². The number of carbonyl (C=O) groups is 1. The van der Waals surface area contributed by atoms with Crippen molar-refractivity contribution in [2.75, 3.05) is 44.7 Å². The minimum atomic E-state index is -0.364. The monoisotopic (exact) mass is 440 g/mol. The lowest BCUT2D eigenvalue weighted by Gasteiger charge is -2.50. The Bertz CT molecular complexity index is 882. The molecule has 3 aliphatic heterocycles. The first kappa shape index (κ1) is 20.8. The molecule has 2 aliphatic carbocycles. The van der Waals surface area contributed by atoms with Crippen molar-refractivity contribution in [3.05, 3.63) is 24.3 Å². The smallest absolute Gasteiger partial charge is 0.311 e. The summed E-state index contributed by atoms with van der Waals surface area (Å²) >= 11 is 0. The number of fused-ring (bicyclic) bond motifs is 1. The highest BCUT2D eigenvalue weighted by Crippen LogP contribution is 2.66. The van der Waals surface area contributed by atoms with Gasteiger partial charge in [-0.1, -0.05) is 6.92 Å². The van der Waals surface area contributed by atoms with E-state index >= 15 is 0 Å². The number of epoxide rings is 1. The maximum Gasteiger partial charge on any atom is 0.311 e. The average Bonchev–Trinajstić information content (AvgIpc) is 3.44. The lowest BCUT2D eigenvalue weighted by Crippen LogP contribution is -2.58. The van der Waals surface area contributed by atoms with Gasteiger partial charge in [-0.2, -0.15) is 0 Å². The fourth-order valence-electron chi connectivity index (χ4n) is 7.52. The van der Waals surface area contributed by atoms with E-state index in [-0.39, 0.29) is 29.2 Å². The first-order valence-electron chi connectivity index (χ1n) is 12.5. The quantitative estimate of drug-likeness (QED) is 0.529. The number of benzene rings is 1. The van der Waals surface area contributed by atoms with Crippen LogP contribution in [0.1, 0.15) is 39.5 Å². The van der Waals surface area contributed by atoms with Crippen molar-refractivity contribution in [2.45, 2.75) is 56.8 Å². The van der Waals surface area contributed by atoms with Gasteiger partial charge in [-0.25, -0.2) is 0 Å². The van der Waals surface area contributed by atoms with Gasteiger partial charge < -0.3 is 19.1 Å². The summed E-state index contributed by atoms with van der Waals surface area (Å²) in [5.41, 5.74) is 0.809. The molecular formula is C26H36N2O4. The molecule has 1 spiro atoms. The molecule has 174 valence electrons. The second-order valence-corrected chi connectivity index (χ2v) is 11.0. The highest BCUT2D eigenvalue weighted by Gasteiger charge is 2.77. The molecule has 7 atom stereocenters. The molecule has 32 heavy (non-hydrogen) atoms. The van der Waals surface area contributed by atoms with Gasteiger partial charge in [0.15, 0.2) is 0 Å². The minimum absolute atomic E-state index is 0.0101. The molecular weight excluding hydrogens is 404 g/mol. The van der Waals surface area contributed by atoms with Crippen LogP contribution in [0.3, 0.4) is 0 Å². The van der Waals surface area contributed by atoms with E-state index in [0.717, 1.165) is 57.7 Å². The third-order valence-corrected chi connectivity index (χ3v) is 9.36. The van der Waals surface area contributed by atoms with Crippen molar-refractivity contribution in [2.24, 2.45) is 23.7 Å². The van der Waals surface area contributed by atoms with Crippen molar-refractivity contribution >= 4 is 11.7 Å². The maximum absolute atomic E-state index is 13.3. The highest BCUT2D eigenvalue weighted by atomic mass is 16.7. The molecule has 0 bridgehead atoms. The van der Waals surface area contributed by atoms with Crippen molar-refractivity contribution in [3.8, 4) is 5.75 Å². The SMILES string of the molecule is COc1ccc(N2CCN(C[C@@H]3C(=O)O[C@]45[C@H](CC[C@]6(C)O[C@H]46)[C@@H](C)CC[C@@H]35)CC2)cc1. The summed E-state index contributed by atoms with van der Waals surface area (Å²) in [6, 6.07) is 8.30. The van der Waals surface area contributed by atoms with Gasteiger partial charge >= 0.3 is 5.97 Å². The predicted octanol–water partition coefficient (Wildman–Crippen LogP) is 3.34. The second-order valence-electron chi connectivity index (χ2n) is 11.0. The van der Waals surface area contributed by atoms with Crippen LogP contribution in [0.4, 0.5) is 5.69 Å². The van der Waals surface area contributed by atoms with Crippen molar-refractivity contribution < 1.29 is 19.0 Å². The third kappa shape index (κ3) is 3.02. The lowest BCUT2D eigenvalue weighted by molar-refractivity contribution is -0.168. The van der Waals surface area contributed by atoms with E-state index in [2.05, 4.69) is 35.8 Å². The van der Waals surface area contributed by atoms with Crippen LogP contribution in [0, 0.1) is 23.7 Å². The molecule has 5 fully saturated rings. The van der Waals surface area contributed by atoms with E-state index in [1.807, 2.05) is 12.1 Å². The van der Waals surface area contributed by atoms with E-state index in [4.69, 9.17) is 14.2 Å². The third-order valence-electron chi connectivity index (χ3n) is 9.36. The van der Waals surface area contributed by atoms with Gasteiger partial charge in [-0.15, -0.1) is 0 Å². The number of hydrogen-bond donors (Lipinski definition) is 0. The summed E-state index contributed by atoms with van der Waals surface area (Å²) in [4.78, 5) is 18.2. The number of rotatable bonds is 4. The molecule has 0 radical (unpaired) electrons. The number of carbonyl (C=O) groups excluding carboxylic acids is 1. The number of ether oxygens (including phenoxy) is 3. The van der Waals surface area contributed by atoms with Crippen LogP contribution in [0.5, 0.6) is 5.75 Å². The molecule has 6 rings (SSSR count). The minimum Gasteiger partial charge on any atom is -0.497 e. The van der Waals surface area contributed by atoms with E-state index < -0.39 is 0 Å². The van der Waals surface area contributed by atoms with Crippen molar-refractivity contribution in [1.82, 2.24) is 4.90 Å². The van der Waals surface area contributed by atoms with Crippen LogP contribution in [0.15, 0.2) is 24.3 Å². The summed E-state index contributed by atoms with van der Waals surface area (Å²) in [5, 5.41) is 0. The zero-order valence-electron chi connectivity index (χ0n) is 19.6. The molecule has 3 saturated heterocycles. The summed E-state index contributed by atoms with van der Waals surface area (Å²) in [5.74, 6) is 2.29. The average molecular weight is 441 g/mol. The molecule has 2 saturated carbocycles. The number of esters is 1. The molecule has 0 unspecified atom stereocenters. The van der Waals surface area contributed by atoms with Gasteiger partial charge in [0.1, 0.15) is 17.5 Å². The van der Waals surface area contributed by atoms with Gasteiger partial charge in [0.05, 0.1) is 18.6 Å². The fourth-order valence-corrected chi connectivity index (χ4v) is 7.52. The summed E-state index contributed by atoms with van der Waals surface area (Å²) in [6.45, 7) is 9.32. The van der Waals surface area contributed by atoms with Crippen LogP contribution in [0.25, 0.3) is 0 Å². The first-order valence-corrected chi connectivity index (χ1v) is 12.5. The predicted molar refractivity (Wildman–Crippen MR) is 122 cm³/mol. The Balaban J connectivity index is 1.14. The second kappa shape index (κ2) is 7.36. The Morgan fingerprint density at radius 2 is 1.81 bits per heavy atom. The molecule has 6 nitrogen and oxygen atoms in total. The lowest BCUT2D eigenvalue weighted by atomic mass is 9.55. The Labute approximate surface area is 191 Å². The molecule has 0 aromatic heterocycles. The number of methoxy groups -OCH3 is 1. The Morgan fingerprint density at radius 1 is 1.06 bits per heavy atom. The van der Waals surface area contributed by atoms with Gasteiger partial charge in [0.2, 0.25) is 0 Å². The standard InChI is InChI=1S/C26H36N2O4/c1-17-4-9-22-20(23(29)31-26(22)21(17)10-11-25(2)24(26)32-25)16-27-12-14-28(15-13-27)18-5-7-19(30-3)8-6-18/h5-8,17,20-22,24H,4,9-16H2,1-3H3/t17-,20-,21+,22-,24-,25-,26-/m0/s1. The zero-order valence-corrected chi connectivity index (χ0v) is 19.6. The number of anilines is 1. The fraction of sp³-hybridized carbons (Fsp3) is 0.731. The molecule has 1 aromatic carbocycles. The van der Waals surface area contributed by atoms with Gasteiger partial charge in [0, 0.05) is 50.2 Å². The molecule has 3 heterocycles. The van der Waals surface area contributed by atoms with E-state index in [9.17, 15) is 4.79 Å². The van der Waals surface area contributed by atoms with Gasteiger partial charge in [-0.3, -0.25) is 9.69 Å². The normalized spacial score (nSPS) is 43.2. The Morgan fingerprint density at radius 3 is 2.53 bits per heavy atom. The Kier molecular flexibility index (Phi) is 4.78. The maximum atomic E-state index is 13.3. The molecule has 1 aromatic rings. The van der Waals surface area contributed by atoms with Crippen LogP contribution in [-0.4, -0.2) is 68.0 Å². The first-order chi connectivity index (χ1) is 15.4. The van der Waals surface area contributed by atoms with E-state index in [0.29, 0.717) is 17.8 Å². The van der Waals surface area contributed by atoms with E-state index in [1.165, 1.54) is 12.1 Å². The van der Waals surface area contributed by atoms with E-state index in [1.54, 1.807) is 7.11 Å². The topological polar surface area (TPSA) is 54.5 Å². The summed E-state index contributed by atoms with van der Waals surface area (Å²) < 4.78 is 17.9. The van der Waals surface area contributed by atoms with Crippen LogP contribution < -0.4 is 9.64 Å². The molecule has 0 amide bonds. The highest BCUT2D eigenvalue weighted by molar-refractivity contribution is 5.77. The number of hydrogen-bond acceptors (Lipinski definition) is 6. The van der Waals surface area contributed by atoms with Crippen molar-refractivity contribution in [3.63, 3.8) is 0 Å². The zero-order chi connectivity index (χ0) is 22.1.